The molecule has 1 unspecified atom stereocenters. The summed E-state index contributed by atoms with van der Waals surface area (Å²) >= 11 is 1.32. The van der Waals surface area contributed by atoms with Crippen LogP contribution >= 0.6 is 11.3 Å². The first kappa shape index (κ1) is 26.2. The van der Waals surface area contributed by atoms with Gasteiger partial charge in [-0.3, -0.25) is 0 Å². The molecule has 1 aliphatic rings. The fraction of sp³-hybridized carbons (Fsp3) is 0.375. The average Bonchev–Trinajstić information content (AvgIpc) is 3.29. The van der Waals surface area contributed by atoms with Gasteiger partial charge in [0, 0.05) is 43.5 Å². The Kier molecular flexibility index (Phi) is 6.94. The second kappa shape index (κ2) is 10.1. The molecule has 200 valence electrons. The lowest BCUT2D eigenvalue weighted by Crippen LogP contribution is -2.39. The number of pyridine rings is 2. The number of fused-ring (bicyclic) bond motifs is 1. The second-order valence-electron chi connectivity index (χ2n) is 9.07. The predicted molar refractivity (Wildman–Crippen MR) is 136 cm³/mol. The Bertz CT molecular complexity index is 1540. The minimum absolute atomic E-state index is 0.00233. The van der Waals surface area contributed by atoms with Crippen molar-refractivity contribution >= 4 is 37.5 Å². The zero-order chi connectivity index (χ0) is 27.1. The molecule has 4 aromatic rings. The van der Waals surface area contributed by atoms with E-state index < -0.39 is 21.6 Å². The van der Waals surface area contributed by atoms with Crippen LogP contribution in [0.25, 0.3) is 21.6 Å². The molecule has 14 heteroatoms. The van der Waals surface area contributed by atoms with Gasteiger partial charge in [0.25, 0.3) is 5.19 Å². The van der Waals surface area contributed by atoms with Crippen LogP contribution in [0.4, 0.5) is 19.1 Å². The Morgan fingerprint density at radius 3 is 2.34 bits per heavy atom. The number of alkyl halides is 3. The molecule has 9 nitrogen and oxygen atoms in total. The van der Waals surface area contributed by atoms with Crippen molar-refractivity contribution < 1.29 is 26.3 Å². The van der Waals surface area contributed by atoms with Gasteiger partial charge in [-0.05, 0) is 49.9 Å². The molecule has 4 aromatic heterocycles. The molecule has 1 fully saturated rings. The van der Waals surface area contributed by atoms with E-state index in [1.54, 1.807) is 12.1 Å². The first-order chi connectivity index (χ1) is 18.0. The summed E-state index contributed by atoms with van der Waals surface area (Å²) in [6.45, 7) is 3.20. The summed E-state index contributed by atoms with van der Waals surface area (Å²) in [5.74, 6) is 0.523. The maximum atomic E-state index is 12.8. The molecule has 0 saturated carbocycles. The number of sulfone groups is 1. The maximum Gasteiger partial charge on any atom is 0.419 e. The largest absolute Gasteiger partial charge is 0.467 e. The summed E-state index contributed by atoms with van der Waals surface area (Å²) < 4.78 is 67.7. The molecular weight excluding hydrogens is 541 g/mol. The van der Waals surface area contributed by atoms with Gasteiger partial charge in [-0.15, -0.1) is 0 Å². The smallest absolute Gasteiger partial charge is 0.419 e. The average molecular weight is 565 g/mol. The standard InChI is InChI=1S/C24H23F3N6O3S2/c1-14(15-7-9-33(10-8-15)22-29-12-17(13-30-22)24(25,26)27)36-23-32-19-5-4-18(31-21(19)37-23)16-3-6-20(28-11-16)38(2,34)35/h3-6,11-15H,7-10H2,1-2H3. The molecule has 0 aliphatic carbocycles. The van der Waals surface area contributed by atoms with Gasteiger partial charge < -0.3 is 9.64 Å². The summed E-state index contributed by atoms with van der Waals surface area (Å²) in [5, 5.41) is 0.499. The summed E-state index contributed by atoms with van der Waals surface area (Å²) in [4.78, 5) is 23.5. The van der Waals surface area contributed by atoms with Gasteiger partial charge in [0.1, 0.15) is 16.5 Å². The van der Waals surface area contributed by atoms with Gasteiger partial charge in [0.15, 0.2) is 14.9 Å². The van der Waals surface area contributed by atoms with E-state index >= 15 is 0 Å². The van der Waals surface area contributed by atoms with Gasteiger partial charge in [0.2, 0.25) is 5.95 Å². The topological polar surface area (TPSA) is 111 Å². The van der Waals surface area contributed by atoms with Crippen molar-refractivity contribution in [2.45, 2.75) is 37.1 Å². The van der Waals surface area contributed by atoms with Crippen molar-refractivity contribution in [3.05, 3.63) is 48.4 Å². The van der Waals surface area contributed by atoms with E-state index in [0.717, 1.165) is 31.5 Å². The van der Waals surface area contributed by atoms with E-state index in [0.29, 0.717) is 45.8 Å². The van der Waals surface area contributed by atoms with Crippen LogP contribution in [0, 0.1) is 5.92 Å². The number of piperidine rings is 1. The molecule has 1 aliphatic heterocycles. The quantitative estimate of drug-likeness (QED) is 0.330. The van der Waals surface area contributed by atoms with Crippen LogP contribution in [0.5, 0.6) is 5.19 Å². The van der Waals surface area contributed by atoms with Crippen LogP contribution in [0.15, 0.2) is 47.9 Å². The lowest BCUT2D eigenvalue weighted by Gasteiger charge is -2.34. The SMILES string of the molecule is CC(Oc1nc2ccc(-c3ccc(S(C)(=O)=O)nc3)nc2s1)C1CCN(c2ncc(C(F)(F)F)cn2)CC1. The fourth-order valence-electron chi connectivity index (χ4n) is 4.21. The van der Waals surface area contributed by atoms with Crippen molar-refractivity contribution in [1.82, 2.24) is 24.9 Å². The van der Waals surface area contributed by atoms with Gasteiger partial charge in [-0.1, -0.05) is 11.3 Å². The minimum atomic E-state index is -4.46. The zero-order valence-electron chi connectivity index (χ0n) is 20.4. The first-order valence-corrected chi connectivity index (χ1v) is 14.4. The van der Waals surface area contributed by atoms with Crippen LogP contribution in [-0.2, 0) is 16.0 Å². The molecule has 0 spiro atoms. The number of rotatable bonds is 6. The molecule has 0 radical (unpaired) electrons. The third-order valence-electron chi connectivity index (χ3n) is 6.39. The summed E-state index contributed by atoms with van der Waals surface area (Å²) in [5.41, 5.74) is 1.16. The number of thiazole rings is 1. The Morgan fingerprint density at radius 2 is 1.74 bits per heavy atom. The van der Waals surface area contributed by atoms with Crippen LogP contribution in [-0.4, -0.2) is 58.8 Å². The summed E-state index contributed by atoms with van der Waals surface area (Å²) in [7, 11) is -3.38. The van der Waals surface area contributed by atoms with Gasteiger partial charge >= 0.3 is 6.18 Å². The lowest BCUT2D eigenvalue weighted by atomic mass is 9.92. The van der Waals surface area contributed by atoms with E-state index in [9.17, 15) is 21.6 Å². The molecule has 5 rings (SSSR count). The van der Waals surface area contributed by atoms with Crippen LogP contribution in [0.2, 0.25) is 0 Å². The number of anilines is 1. The number of halogens is 3. The molecule has 1 saturated heterocycles. The van der Waals surface area contributed by atoms with E-state index in [2.05, 4.69) is 24.9 Å². The van der Waals surface area contributed by atoms with Crippen molar-refractivity contribution in [2.24, 2.45) is 5.92 Å². The van der Waals surface area contributed by atoms with E-state index in [1.807, 2.05) is 17.9 Å². The highest BCUT2D eigenvalue weighted by Crippen LogP contribution is 2.33. The molecular formula is C24H23F3N6O3S2. The van der Waals surface area contributed by atoms with Gasteiger partial charge in [-0.25, -0.2) is 33.3 Å². The van der Waals surface area contributed by atoms with Crippen LogP contribution < -0.4 is 9.64 Å². The highest BCUT2D eigenvalue weighted by atomic mass is 32.2. The molecule has 0 bridgehead atoms. The van der Waals surface area contributed by atoms with E-state index in [-0.39, 0.29) is 17.0 Å². The van der Waals surface area contributed by atoms with Crippen LogP contribution in [0.3, 0.4) is 0 Å². The molecule has 0 amide bonds. The number of ether oxygens (including phenoxy) is 1. The summed E-state index contributed by atoms with van der Waals surface area (Å²) in [6.07, 6.45) is 1.17. The Hall–Kier alpha value is -3.39. The molecule has 38 heavy (non-hydrogen) atoms. The third-order valence-corrected chi connectivity index (χ3v) is 8.24. The van der Waals surface area contributed by atoms with Crippen molar-refractivity contribution in [1.29, 1.82) is 0 Å². The molecule has 0 aromatic carbocycles. The number of hydrogen-bond donors (Lipinski definition) is 0. The number of hydrogen-bond acceptors (Lipinski definition) is 10. The Labute approximate surface area is 220 Å². The van der Waals surface area contributed by atoms with Crippen molar-refractivity contribution in [3.63, 3.8) is 0 Å². The molecule has 5 heterocycles. The molecule has 1 atom stereocenters. The van der Waals surface area contributed by atoms with Crippen molar-refractivity contribution in [3.8, 4) is 16.5 Å². The minimum Gasteiger partial charge on any atom is -0.467 e. The monoisotopic (exact) mass is 564 g/mol. The zero-order valence-corrected chi connectivity index (χ0v) is 22.0. The normalized spacial score (nSPS) is 16.1. The predicted octanol–water partition coefficient (Wildman–Crippen LogP) is 4.65. The second-order valence-corrected chi connectivity index (χ2v) is 12.0. The van der Waals surface area contributed by atoms with Crippen LogP contribution in [0.1, 0.15) is 25.3 Å². The maximum absolute atomic E-state index is 12.8. The van der Waals surface area contributed by atoms with E-state index in [4.69, 9.17) is 4.74 Å². The van der Waals surface area contributed by atoms with Crippen molar-refractivity contribution in [2.75, 3.05) is 24.2 Å². The third kappa shape index (κ3) is 5.70. The fourth-order valence-corrected chi connectivity index (χ4v) is 5.65. The van der Waals surface area contributed by atoms with Gasteiger partial charge in [0.05, 0.1) is 11.3 Å². The Morgan fingerprint density at radius 1 is 1.03 bits per heavy atom. The number of nitrogens with zero attached hydrogens (tertiary/aromatic N) is 6. The van der Waals surface area contributed by atoms with E-state index in [1.165, 1.54) is 23.6 Å². The highest BCUT2D eigenvalue weighted by Gasteiger charge is 2.32. The number of aromatic nitrogens is 5. The molecule has 0 N–H and O–H groups in total. The summed E-state index contributed by atoms with van der Waals surface area (Å²) in [6, 6.07) is 6.75. The lowest BCUT2D eigenvalue weighted by molar-refractivity contribution is -0.138. The Balaban J connectivity index is 1.21. The first-order valence-electron chi connectivity index (χ1n) is 11.7. The van der Waals surface area contributed by atoms with Gasteiger partial charge in [-0.2, -0.15) is 13.2 Å². The highest BCUT2D eigenvalue weighted by molar-refractivity contribution is 7.90.